The molecule has 1 aliphatic rings. The van der Waals surface area contributed by atoms with Gasteiger partial charge in [-0.15, -0.1) is 0 Å². The molecule has 0 radical (unpaired) electrons. The predicted octanol–water partition coefficient (Wildman–Crippen LogP) is 1.87. The minimum Gasteiger partial charge on any atom is -0.309 e. The van der Waals surface area contributed by atoms with Crippen LogP contribution in [0.3, 0.4) is 0 Å². The lowest BCUT2D eigenvalue weighted by molar-refractivity contribution is 0.0982. The first kappa shape index (κ1) is 13.0. The maximum absolute atomic E-state index is 12.0. The largest absolute Gasteiger partial charge is 0.309 e. The maximum atomic E-state index is 12.0. The molecule has 0 saturated carbocycles. The van der Waals surface area contributed by atoms with E-state index in [4.69, 9.17) is 11.5 Å². The fraction of sp³-hybridized carbons (Fsp3) is 0.250. The van der Waals surface area contributed by atoms with Crippen LogP contribution in [0.2, 0.25) is 0 Å². The van der Waals surface area contributed by atoms with Gasteiger partial charge in [0.05, 0.1) is 5.66 Å². The van der Waals surface area contributed by atoms with Gasteiger partial charge in [-0.2, -0.15) is 0 Å². The van der Waals surface area contributed by atoms with Gasteiger partial charge in [-0.05, 0) is 41.8 Å². The Morgan fingerprint density at radius 2 is 1.85 bits per heavy atom. The number of nitrogens with two attached hydrogens (primary N) is 2. The highest BCUT2D eigenvalue weighted by molar-refractivity contribution is 6.17. The topological polar surface area (TPSA) is 86.2 Å². The Morgan fingerprint density at radius 1 is 1.15 bits per heavy atom. The van der Waals surface area contributed by atoms with E-state index in [1.54, 1.807) is 6.07 Å². The molecular weight excluding hydrogens is 252 g/mol. The Balaban J connectivity index is 2.51. The Labute approximate surface area is 116 Å². The second-order valence-corrected chi connectivity index (χ2v) is 5.52. The molecule has 0 atom stereocenters. The minimum atomic E-state index is -0.939. The van der Waals surface area contributed by atoms with Crippen molar-refractivity contribution in [3.05, 3.63) is 46.5 Å². The monoisotopic (exact) mass is 268 g/mol. The first-order valence-electron chi connectivity index (χ1n) is 6.51. The average Bonchev–Trinajstić information content (AvgIpc) is 2.61. The molecule has 0 saturated heterocycles. The van der Waals surface area contributed by atoms with Gasteiger partial charge in [-0.25, -0.2) is 0 Å². The Hall–Kier alpha value is -2.04. The maximum Gasteiger partial charge on any atom is 0.161 e. The van der Waals surface area contributed by atoms with Crippen LogP contribution in [0.5, 0.6) is 0 Å². The van der Waals surface area contributed by atoms with E-state index in [-0.39, 0.29) is 11.6 Å². The standard InChI is InChI=1S/C16H16N2O2/c1-8(19)12-6-10-7-16(17,18)13-5-3-4-11(15(10)13)14(12)9(2)20/h3-6H,7,17-18H2,1-2H3. The van der Waals surface area contributed by atoms with Crippen molar-refractivity contribution in [2.24, 2.45) is 11.5 Å². The molecule has 0 aliphatic heterocycles. The quantitative estimate of drug-likeness (QED) is 0.643. The molecular formula is C16H16N2O2. The van der Waals surface area contributed by atoms with Crippen molar-refractivity contribution in [3.8, 4) is 0 Å². The van der Waals surface area contributed by atoms with Crippen LogP contribution in [0.15, 0.2) is 24.3 Å². The number of benzene rings is 2. The van der Waals surface area contributed by atoms with Crippen molar-refractivity contribution in [1.82, 2.24) is 0 Å². The third-order valence-electron chi connectivity index (χ3n) is 3.96. The zero-order valence-corrected chi connectivity index (χ0v) is 11.5. The molecule has 0 aromatic heterocycles. The number of ketones is 2. The SMILES string of the molecule is CC(=O)c1cc2c3c(cccc3c1C(C)=O)C(N)(N)C2. The molecule has 4 heteroatoms. The number of Topliss-reactive ketones (excluding diaryl/α,β-unsaturated/α-hetero) is 2. The van der Waals surface area contributed by atoms with Crippen LogP contribution >= 0.6 is 0 Å². The Morgan fingerprint density at radius 3 is 2.45 bits per heavy atom. The summed E-state index contributed by atoms with van der Waals surface area (Å²) in [6.07, 6.45) is 0.474. The number of hydrogen-bond acceptors (Lipinski definition) is 4. The summed E-state index contributed by atoms with van der Waals surface area (Å²) < 4.78 is 0. The smallest absolute Gasteiger partial charge is 0.161 e. The van der Waals surface area contributed by atoms with Crippen LogP contribution in [0, 0.1) is 0 Å². The molecule has 0 spiro atoms. The molecule has 0 heterocycles. The van der Waals surface area contributed by atoms with E-state index in [0.29, 0.717) is 17.5 Å². The fourth-order valence-electron chi connectivity index (χ4n) is 3.16. The van der Waals surface area contributed by atoms with E-state index in [1.165, 1.54) is 13.8 Å². The first-order valence-corrected chi connectivity index (χ1v) is 6.51. The first-order chi connectivity index (χ1) is 9.33. The average molecular weight is 268 g/mol. The molecule has 4 nitrogen and oxygen atoms in total. The summed E-state index contributed by atoms with van der Waals surface area (Å²) in [7, 11) is 0. The zero-order chi connectivity index (χ0) is 14.7. The molecule has 0 fully saturated rings. The van der Waals surface area contributed by atoms with E-state index in [2.05, 4.69) is 0 Å². The van der Waals surface area contributed by atoms with Crippen LogP contribution in [0.25, 0.3) is 10.8 Å². The Kier molecular flexibility index (Phi) is 2.58. The molecule has 2 aromatic rings. The van der Waals surface area contributed by atoms with Crippen molar-refractivity contribution in [2.45, 2.75) is 25.9 Å². The predicted molar refractivity (Wildman–Crippen MR) is 77.7 cm³/mol. The van der Waals surface area contributed by atoms with Gasteiger partial charge in [0.25, 0.3) is 0 Å². The summed E-state index contributed by atoms with van der Waals surface area (Å²) in [5.41, 5.74) is 14.0. The Bertz CT molecular complexity index is 776. The number of carbonyl (C=O) groups excluding carboxylic acids is 2. The minimum absolute atomic E-state index is 0.120. The van der Waals surface area contributed by atoms with Gasteiger partial charge in [0.2, 0.25) is 0 Å². The summed E-state index contributed by atoms with van der Waals surface area (Å²) in [6, 6.07) is 7.34. The second kappa shape index (κ2) is 3.98. The van der Waals surface area contributed by atoms with Gasteiger partial charge < -0.3 is 11.5 Å². The van der Waals surface area contributed by atoms with Gasteiger partial charge in [-0.1, -0.05) is 18.2 Å². The molecule has 0 unspecified atom stereocenters. The summed E-state index contributed by atoms with van der Waals surface area (Å²) in [6.45, 7) is 2.95. The van der Waals surface area contributed by atoms with Crippen molar-refractivity contribution in [1.29, 1.82) is 0 Å². The van der Waals surface area contributed by atoms with Crippen molar-refractivity contribution in [2.75, 3.05) is 0 Å². The van der Waals surface area contributed by atoms with Gasteiger partial charge >= 0.3 is 0 Å². The van der Waals surface area contributed by atoms with Crippen LogP contribution in [-0.4, -0.2) is 11.6 Å². The van der Waals surface area contributed by atoms with E-state index >= 15 is 0 Å². The molecule has 102 valence electrons. The normalized spacial score (nSPS) is 15.6. The van der Waals surface area contributed by atoms with E-state index in [9.17, 15) is 9.59 Å². The van der Waals surface area contributed by atoms with E-state index in [1.807, 2.05) is 18.2 Å². The summed E-state index contributed by atoms with van der Waals surface area (Å²) in [5.74, 6) is -0.240. The van der Waals surface area contributed by atoms with E-state index in [0.717, 1.165) is 21.9 Å². The molecule has 1 aliphatic carbocycles. The molecule has 20 heavy (non-hydrogen) atoms. The molecule has 4 N–H and O–H groups in total. The number of rotatable bonds is 2. The third-order valence-corrected chi connectivity index (χ3v) is 3.96. The van der Waals surface area contributed by atoms with Crippen LogP contribution in [-0.2, 0) is 12.1 Å². The fourth-order valence-corrected chi connectivity index (χ4v) is 3.16. The van der Waals surface area contributed by atoms with Crippen molar-refractivity contribution < 1.29 is 9.59 Å². The third kappa shape index (κ3) is 1.62. The highest BCUT2D eigenvalue weighted by atomic mass is 16.1. The van der Waals surface area contributed by atoms with Gasteiger partial charge in [0.1, 0.15) is 0 Å². The molecule has 3 rings (SSSR count). The molecule has 0 bridgehead atoms. The van der Waals surface area contributed by atoms with Crippen LogP contribution in [0.4, 0.5) is 0 Å². The highest BCUT2D eigenvalue weighted by Crippen LogP contribution is 2.39. The zero-order valence-electron chi connectivity index (χ0n) is 11.5. The number of hydrogen-bond donors (Lipinski definition) is 2. The molecule has 2 aromatic carbocycles. The van der Waals surface area contributed by atoms with Gasteiger partial charge in [-0.3, -0.25) is 9.59 Å². The van der Waals surface area contributed by atoms with Crippen LogP contribution in [0.1, 0.15) is 45.7 Å². The summed E-state index contributed by atoms with van der Waals surface area (Å²) in [5, 5.41) is 1.70. The highest BCUT2D eigenvalue weighted by Gasteiger charge is 2.34. The summed E-state index contributed by atoms with van der Waals surface area (Å²) in [4.78, 5) is 23.8. The van der Waals surface area contributed by atoms with Gasteiger partial charge in [0.15, 0.2) is 11.6 Å². The second-order valence-electron chi connectivity index (χ2n) is 5.52. The van der Waals surface area contributed by atoms with Gasteiger partial charge in [0, 0.05) is 17.5 Å². The molecule has 0 amide bonds. The summed E-state index contributed by atoms with van der Waals surface area (Å²) >= 11 is 0. The lowest BCUT2D eigenvalue weighted by Gasteiger charge is -2.18. The van der Waals surface area contributed by atoms with Crippen molar-refractivity contribution >= 4 is 22.3 Å². The number of carbonyl (C=O) groups is 2. The lowest BCUT2D eigenvalue weighted by atomic mass is 9.91. The van der Waals surface area contributed by atoms with Crippen molar-refractivity contribution in [3.63, 3.8) is 0 Å². The lowest BCUT2D eigenvalue weighted by Crippen LogP contribution is -2.45. The van der Waals surface area contributed by atoms with E-state index < -0.39 is 5.66 Å². The van der Waals surface area contributed by atoms with Crippen LogP contribution < -0.4 is 11.5 Å².